The highest BCUT2D eigenvalue weighted by Gasteiger charge is 2.29. The third-order valence-corrected chi connectivity index (χ3v) is 6.66. The molecule has 1 aliphatic rings. The third-order valence-electron chi connectivity index (χ3n) is 5.48. The van der Waals surface area contributed by atoms with Gasteiger partial charge in [-0.15, -0.1) is 11.3 Å². The number of hydrogen-bond acceptors (Lipinski definition) is 5. The second kappa shape index (κ2) is 7.68. The molecule has 0 bridgehead atoms. The molecule has 1 unspecified atom stereocenters. The highest BCUT2D eigenvalue weighted by Crippen LogP contribution is 2.45. The summed E-state index contributed by atoms with van der Waals surface area (Å²) in [6.07, 6.45) is 8.04. The molecule has 28 heavy (non-hydrogen) atoms. The van der Waals surface area contributed by atoms with E-state index >= 15 is 0 Å². The normalized spacial score (nSPS) is 15.0. The number of aliphatic hydroxyl groups is 1. The van der Waals surface area contributed by atoms with E-state index in [0.29, 0.717) is 6.61 Å². The van der Waals surface area contributed by atoms with E-state index in [1.165, 1.54) is 28.7 Å². The molecule has 1 N–H and O–H groups in total. The summed E-state index contributed by atoms with van der Waals surface area (Å²) in [5.74, 6) is 0.0133. The van der Waals surface area contributed by atoms with Crippen molar-refractivity contribution >= 4 is 21.6 Å². The Morgan fingerprint density at radius 3 is 2.82 bits per heavy atom. The number of thiophene rings is 1. The minimum Gasteiger partial charge on any atom is -0.510 e. The SMILES string of the molecule is C=C(O)C(OCC)c1c(C)nc2sc3c(c2c1-c1cnn(CC)c1)CCCC3. The zero-order valence-electron chi connectivity index (χ0n) is 16.8. The molecule has 1 aliphatic carbocycles. The molecule has 0 spiro atoms. The summed E-state index contributed by atoms with van der Waals surface area (Å²) in [7, 11) is 0. The number of aryl methyl sites for hydroxylation is 4. The zero-order valence-corrected chi connectivity index (χ0v) is 17.6. The van der Waals surface area contributed by atoms with Crippen molar-refractivity contribution in [2.75, 3.05) is 6.61 Å². The average molecular weight is 398 g/mol. The second-order valence-electron chi connectivity index (χ2n) is 7.29. The molecule has 0 radical (unpaired) electrons. The molecule has 0 saturated carbocycles. The van der Waals surface area contributed by atoms with Crippen LogP contribution in [0.1, 0.15) is 54.5 Å². The van der Waals surface area contributed by atoms with Gasteiger partial charge < -0.3 is 9.84 Å². The lowest BCUT2D eigenvalue weighted by molar-refractivity contribution is 0.0580. The second-order valence-corrected chi connectivity index (χ2v) is 8.37. The van der Waals surface area contributed by atoms with Crippen molar-refractivity contribution < 1.29 is 9.84 Å². The maximum atomic E-state index is 10.3. The smallest absolute Gasteiger partial charge is 0.141 e. The molecule has 5 nitrogen and oxygen atoms in total. The van der Waals surface area contributed by atoms with E-state index < -0.39 is 6.10 Å². The molecule has 1 atom stereocenters. The lowest BCUT2D eigenvalue weighted by atomic mass is 9.89. The van der Waals surface area contributed by atoms with Gasteiger partial charge in [0.15, 0.2) is 0 Å². The first-order chi connectivity index (χ1) is 13.5. The standard InChI is InChI=1S/C22H27N3O2S/c1-5-25-12-15(11-23-25)19-18(21(14(4)26)27-6-2)13(3)24-22-20(19)16-9-7-8-10-17(16)28-22/h11-12,21,26H,4-10H2,1-3H3. The van der Waals surface area contributed by atoms with E-state index in [-0.39, 0.29) is 5.76 Å². The Kier molecular flexibility index (Phi) is 5.25. The number of aromatic nitrogens is 3. The molecule has 6 heteroatoms. The molecule has 0 amide bonds. The highest BCUT2D eigenvalue weighted by molar-refractivity contribution is 7.19. The summed E-state index contributed by atoms with van der Waals surface area (Å²) < 4.78 is 7.86. The van der Waals surface area contributed by atoms with Crippen molar-refractivity contribution in [2.45, 2.75) is 59.1 Å². The first-order valence-electron chi connectivity index (χ1n) is 10.0. The molecule has 3 aromatic heterocycles. The lowest BCUT2D eigenvalue weighted by Crippen LogP contribution is -2.12. The molecule has 3 heterocycles. The van der Waals surface area contributed by atoms with Gasteiger partial charge in [0.1, 0.15) is 16.7 Å². The van der Waals surface area contributed by atoms with Gasteiger partial charge in [-0.3, -0.25) is 4.68 Å². The predicted molar refractivity (Wildman–Crippen MR) is 114 cm³/mol. The number of pyridine rings is 1. The summed E-state index contributed by atoms with van der Waals surface area (Å²) in [4.78, 5) is 7.46. The highest BCUT2D eigenvalue weighted by atomic mass is 32.1. The number of ether oxygens (including phenoxy) is 1. The monoisotopic (exact) mass is 397 g/mol. The van der Waals surface area contributed by atoms with Gasteiger partial charge in [0.25, 0.3) is 0 Å². The molecule has 0 fully saturated rings. The fourth-order valence-corrected chi connectivity index (χ4v) is 5.53. The molecule has 0 saturated heterocycles. The number of hydrogen-bond donors (Lipinski definition) is 1. The first kappa shape index (κ1) is 19.2. The topological polar surface area (TPSA) is 60.2 Å². The fraction of sp³-hybridized carbons (Fsp3) is 0.455. The van der Waals surface area contributed by atoms with Crippen LogP contribution in [0.4, 0.5) is 0 Å². The van der Waals surface area contributed by atoms with Crippen LogP contribution in [0.5, 0.6) is 0 Å². The molecule has 4 rings (SSSR count). The fourth-order valence-electron chi connectivity index (χ4n) is 4.22. The predicted octanol–water partition coefficient (Wildman–Crippen LogP) is 5.52. The first-order valence-corrected chi connectivity index (χ1v) is 10.8. The van der Waals surface area contributed by atoms with Crippen molar-refractivity contribution in [3.05, 3.63) is 46.4 Å². The molecular weight excluding hydrogens is 370 g/mol. The van der Waals surface area contributed by atoms with Gasteiger partial charge in [0.05, 0.1) is 6.20 Å². The Hall–Kier alpha value is -2.18. The minimum absolute atomic E-state index is 0.0133. The molecule has 148 valence electrons. The summed E-state index contributed by atoms with van der Waals surface area (Å²) in [6.45, 7) is 11.1. The van der Waals surface area contributed by atoms with Crippen molar-refractivity contribution in [1.82, 2.24) is 14.8 Å². The molecule has 0 aliphatic heterocycles. The van der Waals surface area contributed by atoms with Gasteiger partial charge in [-0.1, -0.05) is 6.58 Å². The van der Waals surface area contributed by atoms with Crippen LogP contribution >= 0.6 is 11.3 Å². The van der Waals surface area contributed by atoms with Crippen LogP contribution in [0, 0.1) is 6.92 Å². The maximum absolute atomic E-state index is 10.3. The van der Waals surface area contributed by atoms with Crippen LogP contribution in [-0.2, 0) is 24.1 Å². The summed E-state index contributed by atoms with van der Waals surface area (Å²) in [5, 5.41) is 16.1. The quantitative estimate of drug-likeness (QED) is 0.557. The van der Waals surface area contributed by atoms with Crippen molar-refractivity contribution in [1.29, 1.82) is 0 Å². The van der Waals surface area contributed by atoms with Crippen LogP contribution < -0.4 is 0 Å². The van der Waals surface area contributed by atoms with Crippen LogP contribution in [-0.4, -0.2) is 26.5 Å². The third kappa shape index (κ3) is 3.14. The molecular formula is C22H27N3O2S. The Balaban J connectivity index is 2.08. The van der Waals surface area contributed by atoms with Gasteiger partial charge >= 0.3 is 0 Å². The Morgan fingerprint density at radius 2 is 2.14 bits per heavy atom. The van der Waals surface area contributed by atoms with Gasteiger partial charge in [-0.25, -0.2) is 4.98 Å². The van der Waals surface area contributed by atoms with Crippen LogP contribution in [0.2, 0.25) is 0 Å². The molecule has 3 aromatic rings. The van der Waals surface area contributed by atoms with E-state index in [0.717, 1.165) is 46.6 Å². The van der Waals surface area contributed by atoms with Crippen LogP contribution in [0.25, 0.3) is 21.3 Å². The van der Waals surface area contributed by atoms with E-state index in [1.54, 1.807) is 0 Å². The van der Waals surface area contributed by atoms with Crippen molar-refractivity contribution in [2.24, 2.45) is 0 Å². The van der Waals surface area contributed by atoms with Crippen molar-refractivity contribution in [3.8, 4) is 11.1 Å². The number of nitrogens with zero attached hydrogens (tertiary/aromatic N) is 3. The Morgan fingerprint density at radius 1 is 1.36 bits per heavy atom. The number of rotatable bonds is 6. The summed E-state index contributed by atoms with van der Waals surface area (Å²) in [6, 6.07) is 0. The van der Waals surface area contributed by atoms with E-state index in [1.807, 2.05) is 36.1 Å². The van der Waals surface area contributed by atoms with E-state index in [2.05, 4.69) is 24.8 Å². The maximum Gasteiger partial charge on any atom is 0.141 e. The number of aliphatic hydroxyl groups excluding tert-OH is 1. The van der Waals surface area contributed by atoms with Gasteiger partial charge in [-0.2, -0.15) is 5.10 Å². The van der Waals surface area contributed by atoms with E-state index in [9.17, 15) is 5.11 Å². The summed E-state index contributed by atoms with van der Waals surface area (Å²) in [5.41, 5.74) is 5.33. The lowest BCUT2D eigenvalue weighted by Gasteiger charge is -2.22. The zero-order chi connectivity index (χ0) is 19.8. The van der Waals surface area contributed by atoms with Crippen LogP contribution in [0.3, 0.4) is 0 Å². The number of fused-ring (bicyclic) bond motifs is 3. The van der Waals surface area contributed by atoms with Gasteiger partial charge in [0.2, 0.25) is 0 Å². The van der Waals surface area contributed by atoms with Crippen molar-refractivity contribution in [3.63, 3.8) is 0 Å². The Bertz CT molecular complexity index is 1030. The average Bonchev–Trinajstić information content (AvgIpc) is 3.29. The van der Waals surface area contributed by atoms with Gasteiger partial charge in [-0.05, 0) is 52.0 Å². The largest absolute Gasteiger partial charge is 0.510 e. The summed E-state index contributed by atoms with van der Waals surface area (Å²) >= 11 is 1.81. The Labute approximate surface area is 169 Å². The van der Waals surface area contributed by atoms with E-state index in [4.69, 9.17) is 9.72 Å². The minimum atomic E-state index is -0.596. The van der Waals surface area contributed by atoms with Crippen LogP contribution in [0.15, 0.2) is 24.7 Å². The van der Waals surface area contributed by atoms with Gasteiger partial charge in [0, 0.05) is 52.0 Å². The molecule has 0 aromatic carbocycles.